The number of aliphatic hydroxyl groups is 1. The molecule has 39 heavy (non-hydrogen) atoms. The maximum atomic E-state index is 14.9. The molecule has 0 bridgehead atoms. The van der Waals surface area contributed by atoms with Crippen molar-refractivity contribution >= 4 is 22.4 Å². The fourth-order valence-electron chi connectivity index (χ4n) is 4.92. The Morgan fingerprint density at radius 2 is 1.90 bits per heavy atom. The van der Waals surface area contributed by atoms with E-state index >= 15 is 0 Å². The normalized spacial score (nSPS) is 12.6. The molecule has 0 unspecified atom stereocenters. The second-order valence-electron chi connectivity index (χ2n) is 9.45. The van der Waals surface area contributed by atoms with E-state index in [-0.39, 0.29) is 31.1 Å². The lowest BCUT2D eigenvalue weighted by molar-refractivity contribution is 0.200. The van der Waals surface area contributed by atoms with Crippen LogP contribution < -0.4 is 10.1 Å². The third kappa shape index (κ3) is 4.79. The highest BCUT2D eigenvalue weighted by atomic mass is 19.1. The lowest BCUT2D eigenvalue weighted by Crippen LogP contribution is -2.09. The van der Waals surface area contributed by atoms with E-state index in [9.17, 15) is 8.78 Å². The van der Waals surface area contributed by atoms with Gasteiger partial charge in [-0.1, -0.05) is 18.2 Å². The fraction of sp³-hybridized carbons (Fsp3) is 0.241. The van der Waals surface area contributed by atoms with Crippen LogP contribution in [0, 0.1) is 18.6 Å². The number of pyridine rings is 1. The van der Waals surface area contributed by atoms with E-state index in [4.69, 9.17) is 24.9 Å². The first-order valence-electron chi connectivity index (χ1n) is 12.8. The maximum absolute atomic E-state index is 14.9. The number of ether oxygens (including phenoxy) is 1. The molecular formula is C29H26F2N6O2. The molecule has 0 saturated carbocycles. The van der Waals surface area contributed by atoms with E-state index in [2.05, 4.69) is 10.3 Å². The largest absolute Gasteiger partial charge is 0.491 e. The number of nitrogens with zero attached hydrogens (tertiary/aromatic N) is 5. The summed E-state index contributed by atoms with van der Waals surface area (Å²) < 4.78 is 36.6. The molecule has 10 heteroatoms. The highest BCUT2D eigenvalue weighted by Gasteiger charge is 2.24. The van der Waals surface area contributed by atoms with Gasteiger partial charge in [0.1, 0.15) is 35.5 Å². The fourth-order valence-corrected chi connectivity index (χ4v) is 4.92. The second-order valence-corrected chi connectivity index (χ2v) is 9.45. The molecule has 0 radical (unpaired) electrons. The smallest absolute Gasteiger partial charge is 0.182 e. The molecule has 1 aliphatic carbocycles. The zero-order valence-corrected chi connectivity index (χ0v) is 21.3. The minimum atomic E-state index is -0.753. The molecule has 5 aromatic rings. The van der Waals surface area contributed by atoms with Gasteiger partial charge in [0, 0.05) is 52.4 Å². The molecule has 3 aromatic heterocycles. The number of para-hydroxylation sites is 1. The molecule has 0 spiro atoms. The zero-order valence-electron chi connectivity index (χ0n) is 21.3. The van der Waals surface area contributed by atoms with Crippen LogP contribution in [0.25, 0.3) is 22.4 Å². The van der Waals surface area contributed by atoms with Gasteiger partial charge in [-0.2, -0.15) is 5.10 Å². The summed E-state index contributed by atoms with van der Waals surface area (Å²) in [4.78, 5) is 13.9. The van der Waals surface area contributed by atoms with Crippen LogP contribution in [0.5, 0.6) is 5.75 Å². The summed E-state index contributed by atoms with van der Waals surface area (Å²) in [5.74, 6) is -0.302. The van der Waals surface area contributed by atoms with E-state index in [1.807, 2.05) is 37.3 Å². The second kappa shape index (κ2) is 10.4. The summed E-state index contributed by atoms with van der Waals surface area (Å²) in [6.07, 6.45) is 6.24. The van der Waals surface area contributed by atoms with Crippen molar-refractivity contribution in [1.82, 2.24) is 24.7 Å². The molecule has 1 aliphatic rings. The molecule has 2 aromatic carbocycles. The third-order valence-corrected chi connectivity index (χ3v) is 6.86. The Morgan fingerprint density at radius 1 is 1.08 bits per heavy atom. The van der Waals surface area contributed by atoms with Gasteiger partial charge in [0.05, 0.1) is 18.7 Å². The lowest BCUT2D eigenvalue weighted by atomic mass is 10.1. The van der Waals surface area contributed by atoms with Crippen molar-refractivity contribution < 1.29 is 18.6 Å². The molecule has 198 valence electrons. The van der Waals surface area contributed by atoms with Gasteiger partial charge >= 0.3 is 0 Å². The quantitative estimate of drug-likeness (QED) is 0.288. The van der Waals surface area contributed by atoms with Crippen molar-refractivity contribution in [3.8, 4) is 17.3 Å². The number of aryl methyl sites for hydroxylation is 2. The monoisotopic (exact) mass is 528 g/mol. The van der Waals surface area contributed by atoms with Gasteiger partial charge in [0.2, 0.25) is 0 Å². The molecule has 0 amide bonds. The average molecular weight is 529 g/mol. The number of benzene rings is 2. The zero-order chi connectivity index (χ0) is 26.9. The van der Waals surface area contributed by atoms with Crippen LogP contribution >= 0.6 is 0 Å². The Morgan fingerprint density at radius 3 is 2.69 bits per heavy atom. The van der Waals surface area contributed by atoms with E-state index in [1.54, 1.807) is 17.1 Å². The van der Waals surface area contributed by atoms with Crippen molar-refractivity contribution in [3.63, 3.8) is 0 Å². The number of nitrogens with one attached hydrogen (secondary N) is 1. The number of halogens is 2. The van der Waals surface area contributed by atoms with Gasteiger partial charge < -0.3 is 15.2 Å². The highest BCUT2D eigenvalue weighted by molar-refractivity contribution is 5.92. The Balaban J connectivity index is 1.42. The summed E-state index contributed by atoms with van der Waals surface area (Å²) in [5.41, 5.74) is 5.08. The maximum Gasteiger partial charge on any atom is 0.182 e. The van der Waals surface area contributed by atoms with Gasteiger partial charge in [0.25, 0.3) is 0 Å². The number of hydrogen-bond donors (Lipinski definition) is 2. The van der Waals surface area contributed by atoms with Crippen LogP contribution in [-0.2, 0) is 19.4 Å². The van der Waals surface area contributed by atoms with Crippen LogP contribution in [0.1, 0.15) is 28.8 Å². The predicted molar refractivity (Wildman–Crippen MR) is 143 cm³/mol. The molecule has 0 atom stereocenters. The number of hydrogen-bond acceptors (Lipinski definition) is 7. The molecule has 8 nitrogen and oxygen atoms in total. The Hall–Kier alpha value is -4.44. The van der Waals surface area contributed by atoms with Crippen molar-refractivity contribution in [2.24, 2.45) is 0 Å². The van der Waals surface area contributed by atoms with Gasteiger partial charge in [-0.25, -0.2) is 18.7 Å². The molecular weight excluding hydrogens is 502 g/mol. The first-order valence-corrected chi connectivity index (χ1v) is 12.8. The van der Waals surface area contributed by atoms with Gasteiger partial charge in [-0.15, -0.1) is 0 Å². The van der Waals surface area contributed by atoms with Crippen LogP contribution in [0.3, 0.4) is 0 Å². The summed E-state index contributed by atoms with van der Waals surface area (Å²) in [6.45, 7) is 1.54. The Bertz CT molecular complexity index is 1660. The van der Waals surface area contributed by atoms with Crippen LogP contribution in [0.15, 0.2) is 54.9 Å². The van der Waals surface area contributed by atoms with E-state index < -0.39 is 11.6 Å². The third-order valence-electron chi connectivity index (χ3n) is 6.86. The van der Waals surface area contributed by atoms with Crippen molar-refractivity contribution in [1.29, 1.82) is 0 Å². The van der Waals surface area contributed by atoms with Crippen molar-refractivity contribution in [2.75, 3.05) is 18.5 Å². The number of aromatic nitrogens is 5. The number of anilines is 2. The van der Waals surface area contributed by atoms with Crippen LogP contribution in [0.4, 0.5) is 20.3 Å². The topological polar surface area (TPSA) is 98.0 Å². The van der Waals surface area contributed by atoms with E-state index in [0.717, 1.165) is 65.1 Å². The molecule has 3 heterocycles. The Labute approximate surface area is 223 Å². The SMILES string of the molecule is Cc1cnccc1Nc1nc(-c2nn(Cc3c(F)cc(OCCO)cc3F)c3ccccc23)nc2c1CCC2. The number of rotatable bonds is 8. The van der Waals surface area contributed by atoms with Gasteiger partial charge in [-0.05, 0) is 43.9 Å². The first kappa shape index (κ1) is 24.9. The van der Waals surface area contributed by atoms with Gasteiger partial charge in [-0.3, -0.25) is 9.67 Å². The molecule has 0 saturated heterocycles. The highest BCUT2D eigenvalue weighted by Crippen LogP contribution is 2.34. The van der Waals surface area contributed by atoms with Crippen molar-refractivity contribution in [3.05, 3.63) is 88.9 Å². The van der Waals surface area contributed by atoms with E-state index in [1.165, 1.54) is 0 Å². The van der Waals surface area contributed by atoms with Crippen LogP contribution in [-0.4, -0.2) is 43.1 Å². The van der Waals surface area contributed by atoms with Crippen molar-refractivity contribution in [2.45, 2.75) is 32.7 Å². The molecule has 6 rings (SSSR count). The Kier molecular flexibility index (Phi) is 6.62. The molecule has 2 N–H and O–H groups in total. The van der Waals surface area contributed by atoms with E-state index in [0.29, 0.717) is 17.0 Å². The summed E-state index contributed by atoms with van der Waals surface area (Å²) in [7, 11) is 0. The summed E-state index contributed by atoms with van der Waals surface area (Å²) >= 11 is 0. The average Bonchev–Trinajstić information content (AvgIpc) is 3.56. The lowest BCUT2D eigenvalue weighted by Gasteiger charge is -2.13. The van der Waals surface area contributed by atoms with Crippen LogP contribution in [0.2, 0.25) is 0 Å². The molecule has 0 aliphatic heterocycles. The predicted octanol–water partition coefficient (Wildman–Crippen LogP) is 5.13. The van der Waals surface area contributed by atoms with Gasteiger partial charge in [0.15, 0.2) is 5.82 Å². The molecule has 0 fully saturated rings. The minimum Gasteiger partial charge on any atom is -0.491 e. The first-order chi connectivity index (χ1) is 19.0. The standard InChI is InChI=1S/C29H26F2N6O2/c1-17-15-32-10-9-24(17)33-28-19-6-4-7-25(19)34-29(35-28)27-20-5-2-3-8-26(20)37(36-27)16-21-22(30)13-18(14-23(21)31)39-12-11-38/h2-3,5,8-10,13-15,38H,4,6-7,11-12,16H2,1H3,(H,32,33,34,35). The summed E-state index contributed by atoms with van der Waals surface area (Å²) in [6, 6.07) is 11.6. The summed E-state index contributed by atoms with van der Waals surface area (Å²) in [5, 5.41) is 17.9. The minimum absolute atomic E-state index is 0.0183. The number of fused-ring (bicyclic) bond motifs is 2. The number of aliphatic hydroxyl groups excluding tert-OH is 1.